The summed E-state index contributed by atoms with van der Waals surface area (Å²) in [5.74, 6) is -2.73. The number of carbonyl (C=O) groups is 3. The molecule has 0 atom stereocenters. The second-order valence-electron chi connectivity index (χ2n) is 5.47. The van der Waals surface area contributed by atoms with Gasteiger partial charge in [0.2, 0.25) is 0 Å². The number of hydrogen-bond acceptors (Lipinski definition) is 7. The minimum Gasteiger partial charge on any atom is -0.480 e. The Hall–Kier alpha value is -1.75. The van der Waals surface area contributed by atoms with Crippen LogP contribution in [0.25, 0.3) is 0 Å². The Bertz CT molecular complexity index is 393. The summed E-state index contributed by atoms with van der Waals surface area (Å²) in [4.78, 5) is 35.4. The molecule has 0 aliphatic rings. The molecule has 0 bridgehead atoms. The number of aliphatic carboxylic acids is 3. The quantitative estimate of drug-likeness (QED) is 0.200. The lowest BCUT2D eigenvalue weighted by Crippen LogP contribution is -2.40. The van der Waals surface area contributed by atoms with Crippen LogP contribution in [0, 0.1) is 0 Å². The molecule has 0 aliphatic heterocycles. The first-order chi connectivity index (χ1) is 11.3. The van der Waals surface area contributed by atoms with Crippen molar-refractivity contribution in [2.75, 3.05) is 66.0 Å². The average molecular weight is 348 g/mol. The topological polar surface area (TPSA) is 142 Å². The van der Waals surface area contributed by atoms with Crippen molar-refractivity contribution in [3.63, 3.8) is 0 Å². The Balaban J connectivity index is 3.93. The van der Waals surface area contributed by atoms with E-state index in [1.54, 1.807) is 4.90 Å². The van der Waals surface area contributed by atoms with Gasteiger partial charge in [-0.05, 0) is 26.6 Å². The zero-order valence-corrected chi connectivity index (χ0v) is 14.0. The summed E-state index contributed by atoms with van der Waals surface area (Å²) in [6, 6.07) is 0. The summed E-state index contributed by atoms with van der Waals surface area (Å²) in [5.41, 5.74) is 0. The lowest BCUT2D eigenvalue weighted by Gasteiger charge is -2.24. The fraction of sp³-hybridized carbons (Fsp3) is 0.786. The van der Waals surface area contributed by atoms with Gasteiger partial charge in [-0.15, -0.1) is 0 Å². The largest absolute Gasteiger partial charge is 0.480 e. The van der Waals surface area contributed by atoms with E-state index in [0.717, 1.165) is 0 Å². The maximum absolute atomic E-state index is 10.9. The van der Waals surface area contributed by atoms with Crippen LogP contribution in [0.1, 0.15) is 6.42 Å². The standard InChI is InChI=1S/C14H28N4O6/c1-17(6-4-16-10-13(21)22)7-8-18(11-14(23)24)5-2-3-15-9-12(19)20/h15-16H,2-11H2,1H3,(H,19,20)(H,21,22)(H,23,24). The minimum absolute atomic E-state index is 0.0654. The highest BCUT2D eigenvalue weighted by atomic mass is 16.4. The fourth-order valence-electron chi connectivity index (χ4n) is 1.97. The van der Waals surface area contributed by atoms with Crippen molar-refractivity contribution in [3.8, 4) is 0 Å². The molecular weight excluding hydrogens is 320 g/mol. The van der Waals surface area contributed by atoms with E-state index in [1.165, 1.54) is 0 Å². The zero-order chi connectivity index (χ0) is 18.4. The highest BCUT2D eigenvalue weighted by Gasteiger charge is 2.10. The molecule has 0 rings (SSSR count). The fourth-order valence-corrected chi connectivity index (χ4v) is 1.97. The molecule has 0 aliphatic carbocycles. The highest BCUT2D eigenvalue weighted by molar-refractivity contribution is 5.69. The van der Waals surface area contributed by atoms with Crippen molar-refractivity contribution in [2.24, 2.45) is 0 Å². The summed E-state index contributed by atoms with van der Waals surface area (Å²) in [6.07, 6.45) is 0.657. The van der Waals surface area contributed by atoms with Gasteiger partial charge in [-0.3, -0.25) is 19.3 Å². The van der Waals surface area contributed by atoms with Crippen LogP contribution in [0.3, 0.4) is 0 Å². The average Bonchev–Trinajstić information content (AvgIpc) is 2.47. The predicted octanol–water partition coefficient (Wildman–Crippen LogP) is -1.96. The molecule has 10 nitrogen and oxygen atoms in total. The van der Waals surface area contributed by atoms with Gasteiger partial charge in [-0.25, -0.2) is 0 Å². The van der Waals surface area contributed by atoms with Gasteiger partial charge in [0.1, 0.15) is 0 Å². The van der Waals surface area contributed by atoms with Crippen molar-refractivity contribution in [1.29, 1.82) is 0 Å². The van der Waals surface area contributed by atoms with Crippen LogP contribution in [0.15, 0.2) is 0 Å². The number of hydrogen-bond donors (Lipinski definition) is 5. The van der Waals surface area contributed by atoms with Crippen molar-refractivity contribution in [1.82, 2.24) is 20.4 Å². The summed E-state index contributed by atoms with van der Waals surface area (Å²) >= 11 is 0. The third kappa shape index (κ3) is 15.2. The molecule has 10 heteroatoms. The molecule has 0 radical (unpaired) electrons. The van der Waals surface area contributed by atoms with Crippen LogP contribution in [0.4, 0.5) is 0 Å². The van der Waals surface area contributed by atoms with E-state index in [2.05, 4.69) is 10.6 Å². The smallest absolute Gasteiger partial charge is 0.317 e. The van der Waals surface area contributed by atoms with E-state index < -0.39 is 17.9 Å². The maximum atomic E-state index is 10.9. The van der Waals surface area contributed by atoms with Crippen LogP contribution >= 0.6 is 0 Å². The molecular formula is C14H28N4O6. The number of likely N-dealkylation sites (N-methyl/N-ethyl adjacent to an activating group) is 1. The number of nitrogens with one attached hydrogen (secondary N) is 2. The molecule has 5 N–H and O–H groups in total. The van der Waals surface area contributed by atoms with Crippen molar-refractivity contribution in [3.05, 3.63) is 0 Å². The van der Waals surface area contributed by atoms with Crippen LogP contribution < -0.4 is 10.6 Å². The molecule has 0 aromatic carbocycles. The van der Waals surface area contributed by atoms with Crippen LogP contribution in [0.5, 0.6) is 0 Å². The van der Waals surface area contributed by atoms with Crippen LogP contribution in [0.2, 0.25) is 0 Å². The summed E-state index contributed by atoms with van der Waals surface area (Å²) in [6.45, 7) is 3.25. The number of rotatable bonds is 16. The molecule has 0 saturated carbocycles. The van der Waals surface area contributed by atoms with Gasteiger partial charge in [0.15, 0.2) is 0 Å². The first-order valence-electron chi connectivity index (χ1n) is 7.79. The van der Waals surface area contributed by atoms with Gasteiger partial charge < -0.3 is 30.9 Å². The Kier molecular flexibility index (Phi) is 12.7. The summed E-state index contributed by atoms with van der Waals surface area (Å²) in [5, 5.41) is 31.5. The molecule has 0 unspecified atom stereocenters. The summed E-state index contributed by atoms with van der Waals surface area (Å²) in [7, 11) is 1.88. The van der Waals surface area contributed by atoms with Gasteiger partial charge in [-0.2, -0.15) is 0 Å². The third-order valence-corrected chi connectivity index (χ3v) is 3.21. The van der Waals surface area contributed by atoms with Crippen LogP contribution in [-0.2, 0) is 14.4 Å². The summed E-state index contributed by atoms with van der Waals surface area (Å²) < 4.78 is 0. The molecule has 0 aromatic heterocycles. The Morgan fingerprint density at radius 1 is 0.792 bits per heavy atom. The lowest BCUT2D eigenvalue weighted by atomic mass is 10.3. The molecule has 0 saturated heterocycles. The highest BCUT2D eigenvalue weighted by Crippen LogP contribution is 1.93. The number of carboxylic acid groups (broad SMARTS) is 3. The second kappa shape index (κ2) is 13.7. The zero-order valence-electron chi connectivity index (χ0n) is 14.0. The van der Waals surface area contributed by atoms with Gasteiger partial charge in [0, 0.05) is 26.2 Å². The Labute approximate surface area is 141 Å². The van der Waals surface area contributed by atoms with Gasteiger partial charge >= 0.3 is 17.9 Å². The monoisotopic (exact) mass is 348 g/mol. The molecule has 24 heavy (non-hydrogen) atoms. The predicted molar refractivity (Wildman–Crippen MR) is 87.2 cm³/mol. The third-order valence-electron chi connectivity index (χ3n) is 3.21. The van der Waals surface area contributed by atoms with E-state index in [4.69, 9.17) is 15.3 Å². The van der Waals surface area contributed by atoms with Gasteiger partial charge in [0.05, 0.1) is 19.6 Å². The molecule has 0 aromatic rings. The minimum atomic E-state index is -0.921. The second-order valence-corrected chi connectivity index (χ2v) is 5.47. The number of carboxylic acids is 3. The van der Waals surface area contributed by atoms with E-state index in [-0.39, 0.29) is 19.6 Å². The van der Waals surface area contributed by atoms with E-state index in [9.17, 15) is 14.4 Å². The van der Waals surface area contributed by atoms with E-state index >= 15 is 0 Å². The molecule has 140 valence electrons. The maximum Gasteiger partial charge on any atom is 0.317 e. The molecule has 0 spiro atoms. The van der Waals surface area contributed by atoms with Crippen molar-refractivity contribution in [2.45, 2.75) is 6.42 Å². The van der Waals surface area contributed by atoms with Crippen LogP contribution in [-0.4, -0.2) is 109 Å². The van der Waals surface area contributed by atoms with Crippen molar-refractivity contribution >= 4 is 17.9 Å². The first-order valence-corrected chi connectivity index (χ1v) is 7.79. The lowest BCUT2D eigenvalue weighted by molar-refractivity contribution is -0.138. The SMILES string of the molecule is CN(CCNCC(=O)O)CCN(CCCNCC(=O)O)CC(=O)O. The Morgan fingerprint density at radius 3 is 1.92 bits per heavy atom. The molecule has 0 fully saturated rings. The normalized spacial score (nSPS) is 11.1. The molecule has 0 heterocycles. The first kappa shape index (κ1) is 22.2. The van der Waals surface area contributed by atoms with Gasteiger partial charge in [0.25, 0.3) is 0 Å². The Morgan fingerprint density at radius 2 is 1.38 bits per heavy atom. The van der Waals surface area contributed by atoms with Crippen molar-refractivity contribution < 1.29 is 29.7 Å². The van der Waals surface area contributed by atoms with E-state index in [1.807, 2.05) is 11.9 Å². The molecule has 0 amide bonds. The van der Waals surface area contributed by atoms with E-state index in [0.29, 0.717) is 45.7 Å². The van der Waals surface area contributed by atoms with Gasteiger partial charge in [-0.1, -0.05) is 0 Å². The number of nitrogens with zero attached hydrogens (tertiary/aromatic N) is 2.